The van der Waals surface area contributed by atoms with Crippen LogP contribution in [0, 0.1) is 0 Å². The maximum absolute atomic E-state index is 12.8. The van der Waals surface area contributed by atoms with E-state index in [2.05, 4.69) is 17.1 Å². The molecule has 1 amide bonds. The summed E-state index contributed by atoms with van der Waals surface area (Å²) in [5.41, 5.74) is 1.36. The van der Waals surface area contributed by atoms with Gasteiger partial charge in [-0.15, -0.1) is 0 Å². The molecule has 5 heteroatoms. The molecule has 2 fully saturated rings. The van der Waals surface area contributed by atoms with E-state index in [9.17, 15) is 9.59 Å². The molecule has 0 unspecified atom stereocenters. The van der Waals surface area contributed by atoms with Gasteiger partial charge in [-0.1, -0.05) is 30.3 Å². The van der Waals surface area contributed by atoms with Crippen molar-refractivity contribution in [3.63, 3.8) is 0 Å². The molecule has 0 aliphatic carbocycles. The third-order valence-corrected chi connectivity index (χ3v) is 4.95. The van der Waals surface area contributed by atoms with Gasteiger partial charge in [-0.05, 0) is 18.4 Å². The second-order valence-electron chi connectivity index (χ2n) is 6.46. The Labute approximate surface area is 140 Å². The largest absolute Gasteiger partial charge is 0.368 e. The van der Waals surface area contributed by atoms with Gasteiger partial charge < -0.3 is 14.6 Å². The highest BCUT2D eigenvalue weighted by Crippen LogP contribution is 2.39. The first-order valence-electron chi connectivity index (χ1n) is 8.42. The van der Waals surface area contributed by atoms with Gasteiger partial charge >= 0.3 is 0 Å². The SMILES string of the molecule is O=C(c1cc(=O)cc[nH]1)N1CCC[C@@H]2O[C@H](c3ccccc3)C[C@@H]21. The molecule has 1 aromatic carbocycles. The number of likely N-dealkylation sites (tertiary alicyclic amines) is 1. The Hall–Kier alpha value is -2.40. The minimum absolute atomic E-state index is 0.0319. The number of hydrogen-bond donors (Lipinski definition) is 1. The molecule has 4 rings (SSSR count). The maximum Gasteiger partial charge on any atom is 0.270 e. The number of aromatic nitrogens is 1. The first kappa shape index (κ1) is 15.1. The molecule has 24 heavy (non-hydrogen) atoms. The lowest BCUT2D eigenvalue weighted by molar-refractivity contribution is -0.00130. The number of pyridine rings is 1. The summed E-state index contributed by atoms with van der Waals surface area (Å²) in [4.78, 5) is 29.1. The summed E-state index contributed by atoms with van der Waals surface area (Å²) in [7, 11) is 0. The predicted molar refractivity (Wildman–Crippen MR) is 89.8 cm³/mol. The number of aromatic amines is 1. The molecular formula is C19H20N2O3. The highest BCUT2D eigenvalue weighted by Gasteiger charge is 2.43. The molecule has 5 nitrogen and oxygen atoms in total. The van der Waals surface area contributed by atoms with E-state index in [1.165, 1.54) is 18.3 Å². The molecule has 1 aromatic heterocycles. The third kappa shape index (κ3) is 2.76. The fourth-order valence-corrected chi connectivity index (χ4v) is 3.80. The van der Waals surface area contributed by atoms with Gasteiger partial charge in [-0.2, -0.15) is 0 Å². The Balaban J connectivity index is 1.57. The van der Waals surface area contributed by atoms with Crippen molar-refractivity contribution in [1.82, 2.24) is 9.88 Å². The highest BCUT2D eigenvalue weighted by atomic mass is 16.5. The fraction of sp³-hybridized carbons (Fsp3) is 0.368. The number of rotatable bonds is 2. The molecule has 2 aliphatic heterocycles. The summed E-state index contributed by atoms with van der Waals surface area (Å²) < 4.78 is 6.23. The van der Waals surface area contributed by atoms with Crippen molar-refractivity contribution >= 4 is 5.91 Å². The summed E-state index contributed by atoms with van der Waals surface area (Å²) in [5.74, 6) is -0.111. The van der Waals surface area contributed by atoms with Gasteiger partial charge in [-0.25, -0.2) is 0 Å². The Morgan fingerprint density at radius 1 is 1.21 bits per heavy atom. The number of nitrogens with one attached hydrogen (secondary N) is 1. The van der Waals surface area contributed by atoms with Crippen LogP contribution in [-0.2, 0) is 4.74 Å². The summed E-state index contributed by atoms with van der Waals surface area (Å²) in [6.45, 7) is 0.710. The normalized spacial score (nSPS) is 26.2. The monoisotopic (exact) mass is 324 g/mol. The maximum atomic E-state index is 12.8. The lowest BCUT2D eigenvalue weighted by atomic mass is 9.95. The van der Waals surface area contributed by atoms with Crippen molar-refractivity contribution in [1.29, 1.82) is 0 Å². The predicted octanol–water partition coefficient (Wildman–Crippen LogP) is 2.51. The van der Waals surface area contributed by atoms with Crippen molar-refractivity contribution in [2.45, 2.75) is 37.5 Å². The first-order chi connectivity index (χ1) is 11.7. The van der Waals surface area contributed by atoms with E-state index < -0.39 is 0 Å². The van der Waals surface area contributed by atoms with E-state index in [4.69, 9.17) is 4.74 Å². The second-order valence-corrected chi connectivity index (χ2v) is 6.46. The van der Waals surface area contributed by atoms with Gasteiger partial charge in [0.2, 0.25) is 0 Å². The van der Waals surface area contributed by atoms with Crippen molar-refractivity contribution < 1.29 is 9.53 Å². The Bertz CT molecular complexity index is 786. The number of carbonyl (C=O) groups excluding carboxylic acids is 1. The molecule has 124 valence electrons. The molecule has 0 spiro atoms. The number of amides is 1. The average molecular weight is 324 g/mol. The van der Waals surface area contributed by atoms with Crippen LogP contribution in [0.1, 0.15) is 41.4 Å². The van der Waals surface area contributed by atoms with E-state index >= 15 is 0 Å². The zero-order chi connectivity index (χ0) is 16.5. The Morgan fingerprint density at radius 2 is 2.04 bits per heavy atom. The minimum atomic E-state index is -0.157. The van der Waals surface area contributed by atoms with Crippen LogP contribution >= 0.6 is 0 Å². The quantitative estimate of drug-likeness (QED) is 0.923. The van der Waals surface area contributed by atoms with Gasteiger partial charge in [0.15, 0.2) is 5.43 Å². The van der Waals surface area contributed by atoms with Gasteiger partial charge in [-0.3, -0.25) is 9.59 Å². The van der Waals surface area contributed by atoms with Crippen LogP contribution in [-0.4, -0.2) is 34.5 Å². The number of ether oxygens (including phenoxy) is 1. The molecule has 3 heterocycles. The van der Waals surface area contributed by atoms with Crippen molar-refractivity contribution in [3.8, 4) is 0 Å². The van der Waals surface area contributed by atoms with E-state index in [0.29, 0.717) is 12.2 Å². The molecule has 1 N–H and O–H groups in total. The minimum Gasteiger partial charge on any atom is -0.368 e. The van der Waals surface area contributed by atoms with E-state index in [0.717, 1.165) is 24.8 Å². The topological polar surface area (TPSA) is 62.4 Å². The van der Waals surface area contributed by atoms with Crippen LogP contribution in [0.2, 0.25) is 0 Å². The van der Waals surface area contributed by atoms with E-state index in [1.807, 2.05) is 23.1 Å². The van der Waals surface area contributed by atoms with Gasteiger partial charge in [0.05, 0.1) is 18.2 Å². The molecule has 0 bridgehead atoms. The third-order valence-electron chi connectivity index (χ3n) is 4.95. The van der Waals surface area contributed by atoms with Crippen LogP contribution in [0.15, 0.2) is 53.5 Å². The molecule has 0 radical (unpaired) electrons. The lowest BCUT2D eigenvalue weighted by Crippen LogP contribution is -2.49. The van der Waals surface area contributed by atoms with E-state index in [-0.39, 0.29) is 29.6 Å². The second kappa shape index (κ2) is 6.24. The number of fused-ring (bicyclic) bond motifs is 1. The molecular weight excluding hydrogens is 304 g/mol. The van der Waals surface area contributed by atoms with Crippen LogP contribution in [0.4, 0.5) is 0 Å². The number of piperidine rings is 1. The average Bonchev–Trinajstić information content (AvgIpc) is 3.06. The molecule has 2 aliphatic rings. The van der Waals surface area contributed by atoms with Gasteiger partial charge in [0.1, 0.15) is 5.69 Å². The lowest BCUT2D eigenvalue weighted by Gasteiger charge is -2.36. The van der Waals surface area contributed by atoms with Crippen molar-refractivity contribution in [2.75, 3.05) is 6.54 Å². The molecule has 0 saturated carbocycles. The van der Waals surface area contributed by atoms with Gasteiger partial charge in [0, 0.05) is 31.3 Å². The standard InChI is InChI=1S/C19H20N2O3/c22-14-8-9-20-15(11-14)19(23)21-10-4-7-17-16(21)12-18(24-17)13-5-2-1-3-6-13/h1-3,5-6,8-9,11,16-18H,4,7,10,12H2,(H,20,22)/t16-,17-,18-/m0/s1. The van der Waals surface area contributed by atoms with Gasteiger partial charge in [0.25, 0.3) is 5.91 Å². The fourth-order valence-electron chi connectivity index (χ4n) is 3.80. The van der Waals surface area contributed by atoms with Crippen LogP contribution < -0.4 is 5.43 Å². The number of hydrogen-bond acceptors (Lipinski definition) is 3. The number of carbonyl (C=O) groups is 1. The van der Waals surface area contributed by atoms with Crippen LogP contribution in [0.5, 0.6) is 0 Å². The van der Waals surface area contributed by atoms with Crippen LogP contribution in [0.25, 0.3) is 0 Å². The highest BCUT2D eigenvalue weighted by molar-refractivity contribution is 5.92. The number of benzene rings is 1. The van der Waals surface area contributed by atoms with Crippen molar-refractivity contribution in [2.24, 2.45) is 0 Å². The summed E-state index contributed by atoms with van der Waals surface area (Å²) in [6.07, 6.45) is 4.33. The molecule has 2 aromatic rings. The Kier molecular flexibility index (Phi) is 3.94. The van der Waals surface area contributed by atoms with E-state index in [1.54, 1.807) is 0 Å². The zero-order valence-electron chi connectivity index (χ0n) is 13.4. The number of H-pyrrole nitrogens is 1. The number of nitrogens with zero attached hydrogens (tertiary/aromatic N) is 1. The summed E-state index contributed by atoms with van der Waals surface area (Å²) in [6, 6.07) is 13.0. The molecule has 3 atom stereocenters. The van der Waals surface area contributed by atoms with Crippen LogP contribution in [0.3, 0.4) is 0 Å². The Morgan fingerprint density at radius 3 is 2.83 bits per heavy atom. The first-order valence-corrected chi connectivity index (χ1v) is 8.42. The summed E-state index contributed by atoms with van der Waals surface area (Å²) in [5, 5.41) is 0. The summed E-state index contributed by atoms with van der Waals surface area (Å²) >= 11 is 0. The molecule has 2 saturated heterocycles. The van der Waals surface area contributed by atoms with Crippen molar-refractivity contribution in [3.05, 3.63) is 70.1 Å². The zero-order valence-corrected chi connectivity index (χ0v) is 13.4. The smallest absolute Gasteiger partial charge is 0.270 e.